The highest BCUT2D eigenvalue weighted by atomic mass is 16.5. The van der Waals surface area contributed by atoms with Crippen LogP contribution in [0.25, 0.3) is 0 Å². The molecule has 26 heavy (non-hydrogen) atoms. The lowest BCUT2D eigenvalue weighted by atomic mass is 10.1. The number of terminal acetylenes is 1. The lowest BCUT2D eigenvalue weighted by molar-refractivity contribution is -0.120. The number of benzene rings is 1. The second-order valence-corrected chi connectivity index (χ2v) is 5.24. The van der Waals surface area contributed by atoms with Crippen LogP contribution in [0.2, 0.25) is 0 Å². The Balaban J connectivity index is 2.58. The predicted octanol–water partition coefficient (Wildman–Crippen LogP) is 2.28. The van der Waals surface area contributed by atoms with Gasteiger partial charge in [0.05, 0.1) is 6.61 Å². The van der Waals surface area contributed by atoms with Crippen LogP contribution < -0.4 is 15.4 Å². The maximum atomic E-state index is 12.1. The molecule has 0 fully saturated rings. The normalized spacial score (nSPS) is 10.7. The summed E-state index contributed by atoms with van der Waals surface area (Å²) in [4.78, 5) is 23.2. The predicted molar refractivity (Wildman–Crippen MR) is 97.2 cm³/mol. The van der Waals surface area contributed by atoms with Crippen molar-refractivity contribution in [3.05, 3.63) is 35.6 Å². The molecular formula is C19H21N3O4. The zero-order chi connectivity index (χ0) is 19.4. The Hall–Kier alpha value is -3.45. The van der Waals surface area contributed by atoms with Crippen molar-refractivity contribution < 1.29 is 19.4 Å². The quantitative estimate of drug-likeness (QED) is 0.207. The number of amides is 2. The van der Waals surface area contributed by atoms with E-state index in [2.05, 4.69) is 16.6 Å². The second kappa shape index (κ2) is 11.2. The van der Waals surface area contributed by atoms with Crippen molar-refractivity contribution in [1.29, 1.82) is 5.26 Å². The molecule has 0 aliphatic carbocycles. The van der Waals surface area contributed by atoms with Crippen LogP contribution in [0, 0.1) is 23.7 Å². The van der Waals surface area contributed by atoms with Gasteiger partial charge in [-0.25, -0.2) is 0 Å². The molecule has 0 unspecified atom stereocenters. The van der Waals surface area contributed by atoms with E-state index in [1.54, 1.807) is 37.4 Å². The van der Waals surface area contributed by atoms with Gasteiger partial charge in [-0.1, -0.05) is 0 Å². The fourth-order valence-electron chi connectivity index (χ4n) is 1.94. The number of allylic oxidation sites excluding steroid dienone is 1. The highest BCUT2D eigenvalue weighted by Gasteiger charge is 2.15. The van der Waals surface area contributed by atoms with Gasteiger partial charge in [0, 0.05) is 32.0 Å². The minimum atomic E-state index is -0.707. The van der Waals surface area contributed by atoms with E-state index in [9.17, 15) is 14.7 Å². The van der Waals surface area contributed by atoms with Crippen LogP contribution in [0.5, 0.6) is 5.75 Å². The number of carbonyl (C=O) groups excluding carboxylic acids is 2. The van der Waals surface area contributed by atoms with E-state index in [1.165, 1.54) is 0 Å². The summed E-state index contributed by atoms with van der Waals surface area (Å²) in [6, 6.07) is 8.22. The van der Waals surface area contributed by atoms with Gasteiger partial charge in [-0.3, -0.25) is 9.59 Å². The molecule has 0 radical (unpaired) electrons. The third-order valence-corrected chi connectivity index (χ3v) is 3.34. The number of anilines is 1. The smallest absolute Gasteiger partial charge is 0.269 e. The standard InChI is InChI=1S/C19H21N3O4/c1-3-4-6-17(23)16(13-20)19(25)22-14-8-10-15(11-9-14)26-12-5-7-18(24)21-2/h1,8-11,23H,4-7,12H2,2H3,(H,21,24)(H,22,25)/b17-16-. The maximum Gasteiger partial charge on any atom is 0.269 e. The highest BCUT2D eigenvalue weighted by Crippen LogP contribution is 2.17. The van der Waals surface area contributed by atoms with E-state index in [0.717, 1.165) is 0 Å². The summed E-state index contributed by atoms with van der Waals surface area (Å²) in [5.41, 5.74) is 0.0833. The van der Waals surface area contributed by atoms with E-state index in [4.69, 9.17) is 16.4 Å². The number of aliphatic hydroxyl groups excluding tert-OH is 1. The monoisotopic (exact) mass is 355 g/mol. The largest absolute Gasteiger partial charge is 0.511 e. The van der Waals surface area contributed by atoms with Gasteiger partial charge in [0.15, 0.2) is 5.57 Å². The number of ether oxygens (including phenoxy) is 1. The molecule has 0 aromatic heterocycles. The van der Waals surface area contributed by atoms with Gasteiger partial charge in [-0.05, 0) is 30.7 Å². The molecule has 7 heteroatoms. The van der Waals surface area contributed by atoms with Gasteiger partial charge in [-0.15, -0.1) is 12.3 Å². The number of nitriles is 1. The Morgan fingerprint density at radius 1 is 1.27 bits per heavy atom. The van der Waals surface area contributed by atoms with Crippen LogP contribution >= 0.6 is 0 Å². The first-order chi connectivity index (χ1) is 12.5. The number of carbonyl (C=O) groups is 2. The molecule has 1 aromatic rings. The van der Waals surface area contributed by atoms with Crippen LogP contribution in [0.15, 0.2) is 35.6 Å². The maximum absolute atomic E-state index is 12.1. The second-order valence-electron chi connectivity index (χ2n) is 5.24. The topological polar surface area (TPSA) is 111 Å². The first kappa shape index (κ1) is 20.6. The van der Waals surface area contributed by atoms with Crippen molar-refractivity contribution in [2.45, 2.75) is 25.7 Å². The fourth-order valence-corrected chi connectivity index (χ4v) is 1.94. The molecule has 0 aliphatic rings. The van der Waals surface area contributed by atoms with Crippen molar-refractivity contribution in [1.82, 2.24) is 5.32 Å². The Kier molecular flexibility index (Phi) is 8.84. The van der Waals surface area contributed by atoms with E-state index < -0.39 is 5.91 Å². The van der Waals surface area contributed by atoms with Crippen LogP contribution in [-0.2, 0) is 9.59 Å². The summed E-state index contributed by atoms with van der Waals surface area (Å²) in [5.74, 6) is 1.84. The molecular weight excluding hydrogens is 334 g/mol. The Bertz CT molecular complexity index is 740. The van der Waals surface area contributed by atoms with E-state index in [1.807, 2.05) is 0 Å². The number of nitrogens with one attached hydrogen (secondary N) is 2. The van der Waals surface area contributed by atoms with Crippen LogP contribution in [0.1, 0.15) is 25.7 Å². The Morgan fingerprint density at radius 3 is 2.54 bits per heavy atom. The fraction of sp³-hybridized carbons (Fsp3) is 0.316. The molecule has 0 saturated heterocycles. The molecule has 0 saturated carbocycles. The van der Waals surface area contributed by atoms with Crippen LogP contribution in [-0.4, -0.2) is 30.6 Å². The Labute approximate surface area is 152 Å². The van der Waals surface area contributed by atoms with Crippen molar-refractivity contribution in [2.24, 2.45) is 0 Å². The summed E-state index contributed by atoms with van der Waals surface area (Å²) in [7, 11) is 1.58. The van der Waals surface area contributed by atoms with Gasteiger partial charge < -0.3 is 20.5 Å². The average Bonchev–Trinajstić information content (AvgIpc) is 2.65. The highest BCUT2D eigenvalue weighted by molar-refractivity contribution is 6.06. The lowest BCUT2D eigenvalue weighted by Gasteiger charge is -2.08. The molecule has 136 valence electrons. The zero-order valence-corrected chi connectivity index (χ0v) is 14.5. The summed E-state index contributed by atoms with van der Waals surface area (Å²) < 4.78 is 5.50. The summed E-state index contributed by atoms with van der Waals surface area (Å²) in [6.07, 6.45) is 6.37. The van der Waals surface area contributed by atoms with E-state index in [0.29, 0.717) is 30.9 Å². The minimum absolute atomic E-state index is 0.0430. The van der Waals surface area contributed by atoms with Gasteiger partial charge >= 0.3 is 0 Å². The third kappa shape index (κ3) is 6.98. The molecule has 0 heterocycles. The minimum Gasteiger partial charge on any atom is -0.511 e. The van der Waals surface area contributed by atoms with Crippen molar-refractivity contribution in [2.75, 3.05) is 19.0 Å². The third-order valence-electron chi connectivity index (χ3n) is 3.34. The number of aliphatic hydroxyl groups is 1. The van der Waals surface area contributed by atoms with Crippen LogP contribution in [0.3, 0.4) is 0 Å². The first-order valence-corrected chi connectivity index (χ1v) is 8.02. The molecule has 2 amide bonds. The van der Waals surface area contributed by atoms with Crippen molar-refractivity contribution in [3.8, 4) is 24.2 Å². The van der Waals surface area contributed by atoms with Gasteiger partial charge in [-0.2, -0.15) is 5.26 Å². The van der Waals surface area contributed by atoms with Gasteiger partial charge in [0.2, 0.25) is 5.91 Å². The summed E-state index contributed by atoms with van der Waals surface area (Å²) in [5, 5.41) is 23.9. The lowest BCUT2D eigenvalue weighted by Crippen LogP contribution is -2.18. The number of nitrogens with zero attached hydrogens (tertiary/aromatic N) is 1. The molecule has 1 aromatic carbocycles. The molecule has 0 atom stereocenters. The van der Waals surface area contributed by atoms with Crippen molar-refractivity contribution in [3.63, 3.8) is 0 Å². The molecule has 7 nitrogen and oxygen atoms in total. The first-order valence-electron chi connectivity index (χ1n) is 8.02. The SMILES string of the molecule is C#CCC/C(O)=C(\C#N)C(=O)Nc1ccc(OCCCC(=O)NC)cc1. The summed E-state index contributed by atoms with van der Waals surface area (Å²) >= 11 is 0. The average molecular weight is 355 g/mol. The van der Waals surface area contributed by atoms with Crippen molar-refractivity contribution >= 4 is 17.5 Å². The molecule has 3 N–H and O–H groups in total. The number of hydrogen-bond acceptors (Lipinski definition) is 5. The molecule has 0 bridgehead atoms. The van der Waals surface area contributed by atoms with E-state index in [-0.39, 0.29) is 30.1 Å². The number of rotatable bonds is 9. The Morgan fingerprint density at radius 2 is 1.96 bits per heavy atom. The van der Waals surface area contributed by atoms with Gasteiger partial charge in [0.25, 0.3) is 5.91 Å². The van der Waals surface area contributed by atoms with Crippen LogP contribution in [0.4, 0.5) is 5.69 Å². The van der Waals surface area contributed by atoms with E-state index >= 15 is 0 Å². The molecule has 1 rings (SSSR count). The number of hydrogen-bond donors (Lipinski definition) is 3. The zero-order valence-electron chi connectivity index (χ0n) is 14.5. The molecule has 0 spiro atoms. The van der Waals surface area contributed by atoms with Gasteiger partial charge in [0.1, 0.15) is 17.6 Å². The molecule has 0 aliphatic heterocycles. The summed E-state index contributed by atoms with van der Waals surface area (Å²) in [6.45, 7) is 0.392.